The molecule has 1 unspecified atom stereocenters. The van der Waals surface area contributed by atoms with Crippen LogP contribution in [0.4, 0.5) is 5.69 Å². The summed E-state index contributed by atoms with van der Waals surface area (Å²) < 4.78 is 5.43. The standard InChI is InChI=1S/C14H19N3O3/c15-10-1-4-12(5-2-10)20-8-7-13(18)16-9-11-3-6-14(19)17-11/h1-2,4-5,11H,3,6-9,15H2,(H,16,18)(H,17,19). The van der Waals surface area contributed by atoms with E-state index in [1.807, 2.05) is 0 Å². The van der Waals surface area contributed by atoms with Crippen molar-refractivity contribution < 1.29 is 14.3 Å². The fourth-order valence-electron chi connectivity index (χ4n) is 1.98. The van der Waals surface area contributed by atoms with Gasteiger partial charge in [-0.25, -0.2) is 0 Å². The number of anilines is 1. The summed E-state index contributed by atoms with van der Waals surface area (Å²) >= 11 is 0. The summed E-state index contributed by atoms with van der Waals surface area (Å²) in [6.07, 6.45) is 1.60. The van der Waals surface area contributed by atoms with Crippen molar-refractivity contribution in [2.24, 2.45) is 0 Å². The van der Waals surface area contributed by atoms with E-state index in [1.54, 1.807) is 24.3 Å². The van der Waals surface area contributed by atoms with E-state index in [4.69, 9.17) is 10.5 Å². The van der Waals surface area contributed by atoms with Crippen molar-refractivity contribution in [2.45, 2.75) is 25.3 Å². The number of hydrogen-bond acceptors (Lipinski definition) is 4. The molecule has 0 spiro atoms. The number of rotatable bonds is 6. The minimum absolute atomic E-state index is 0.0518. The minimum Gasteiger partial charge on any atom is -0.493 e. The minimum atomic E-state index is -0.0819. The van der Waals surface area contributed by atoms with Crippen molar-refractivity contribution in [1.82, 2.24) is 10.6 Å². The van der Waals surface area contributed by atoms with Gasteiger partial charge in [-0.3, -0.25) is 9.59 Å². The first-order valence-corrected chi connectivity index (χ1v) is 6.68. The monoisotopic (exact) mass is 277 g/mol. The fourth-order valence-corrected chi connectivity index (χ4v) is 1.98. The Morgan fingerprint density at radius 2 is 2.15 bits per heavy atom. The maximum Gasteiger partial charge on any atom is 0.223 e. The first-order valence-electron chi connectivity index (χ1n) is 6.68. The van der Waals surface area contributed by atoms with E-state index in [0.717, 1.165) is 6.42 Å². The summed E-state index contributed by atoms with van der Waals surface area (Å²) in [6, 6.07) is 7.09. The Balaban J connectivity index is 1.60. The number of nitrogens with one attached hydrogen (secondary N) is 2. The highest BCUT2D eigenvalue weighted by Gasteiger charge is 2.20. The molecule has 1 atom stereocenters. The molecule has 0 radical (unpaired) electrons. The van der Waals surface area contributed by atoms with Gasteiger partial charge >= 0.3 is 0 Å². The molecule has 1 aliphatic rings. The second-order valence-electron chi connectivity index (χ2n) is 4.77. The largest absolute Gasteiger partial charge is 0.493 e. The number of nitrogen functional groups attached to an aromatic ring is 1. The van der Waals surface area contributed by atoms with Gasteiger partial charge in [0.15, 0.2) is 0 Å². The van der Waals surface area contributed by atoms with Crippen molar-refractivity contribution in [2.75, 3.05) is 18.9 Å². The molecule has 0 aromatic heterocycles. The number of benzene rings is 1. The van der Waals surface area contributed by atoms with Crippen LogP contribution in [-0.2, 0) is 9.59 Å². The van der Waals surface area contributed by atoms with Crippen LogP contribution in [-0.4, -0.2) is 31.0 Å². The second kappa shape index (κ2) is 6.79. The highest BCUT2D eigenvalue weighted by Crippen LogP contribution is 2.13. The Labute approximate surface area is 117 Å². The van der Waals surface area contributed by atoms with Crippen molar-refractivity contribution in [3.05, 3.63) is 24.3 Å². The average molecular weight is 277 g/mol. The Kier molecular flexibility index (Phi) is 4.81. The molecule has 108 valence electrons. The van der Waals surface area contributed by atoms with Crippen LogP contribution in [0.5, 0.6) is 5.75 Å². The Morgan fingerprint density at radius 1 is 1.40 bits per heavy atom. The Hall–Kier alpha value is -2.24. The quantitative estimate of drug-likeness (QED) is 0.657. The number of hydrogen-bond donors (Lipinski definition) is 3. The molecule has 1 aliphatic heterocycles. The average Bonchev–Trinajstić information content (AvgIpc) is 2.85. The third-order valence-electron chi connectivity index (χ3n) is 3.11. The number of carbonyl (C=O) groups is 2. The summed E-state index contributed by atoms with van der Waals surface area (Å²) in [7, 11) is 0. The molecule has 1 heterocycles. The molecule has 2 rings (SSSR count). The van der Waals surface area contributed by atoms with E-state index in [9.17, 15) is 9.59 Å². The number of nitrogens with two attached hydrogens (primary N) is 1. The Bertz CT molecular complexity index is 473. The van der Waals surface area contributed by atoms with Crippen molar-refractivity contribution in [3.8, 4) is 5.75 Å². The lowest BCUT2D eigenvalue weighted by molar-refractivity contribution is -0.122. The summed E-state index contributed by atoms with van der Waals surface area (Å²) in [4.78, 5) is 22.6. The highest BCUT2D eigenvalue weighted by molar-refractivity contribution is 5.79. The maximum atomic E-state index is 11.6. The Morgan fingerprint density at radius 3 is 2.80 bits per heavy atom. The molecule has 1 aromatic rings. The highest BCUT2D eigenvalue weighted by atomic mass is 16.5. The summed E-state index contributed by atoms with van der Waals surface area (Å²) in [5.74, 6) is 0.660. The van der Waals surface area contributed by atoms with E-state index >= 15 is 0 Å². The van der Waals surface area contributed by atoms with Gasteiger partial charge in [0.05, 0.1) is 13.0 Å². The molecule has 1 saturated heterocycles. The van der Waals surface area contributed by atoms with E-state index in [0.29, 0.717) is 31.0 Å². The normalized spacial score (nSPS) is 17.6. The molecule has 1 aromatic carbocycles. The van der Waals surface area contributed by atoms with Gasteiger partial charge in [-0.2, -0.15) is 0 Å². The molecule has 0 saturated carbocycles. The molecule has 4 N–H and O–H groups in total. The zero-order chi connectivity index (χ0) is 14.4. The topological polar surface area (TPSA) is 93.4 Å². The van der Waals surface area contributed by atoms with Gasteiger partial charge in [-0.15, -0.1) is 0 Å². The first kappa shape index (κ1) is 14.2. The first-order chi connectivity index (χ1) is 9.63. The molecule has 1 fully saturated rings. The van der Waals surface area contributed by atoms with Gasteiger partial charge < -0.3 is 21.1 Å². The number of ether oxygens (including phenoxy) is 1. The van der Waals surface area contributed by atoms with Crippen LogP contribution in [0.1, 0.15) is 19.3 Å². The predicted octanol–water partition coefficient (Wildman–Crippen LogP) is 0.432. The fraction of sp³-hybridized carbons (Fsp3) is 0.429. The van der Waals surface area contributed by atoms with E-state index in [2.05, 4.69) is 10.6 Å². The van der Waals surface area contributed by atoms with Crippen LogP contribution < -0.4 is 21.1 Å². The van der Waals surface area contributed by atoms with Crippen LogP contribution in [0.25, 0.3) is 0 Å². The summed E-state index contributed by atoms with van der Waals surface area (Å²) in [6.45, 7) is 0.791. The summed E-state index contributed by atoms with van der Waals surface area (Å²) in [5, 5.41) is 5.59. The lowest BCUT2D eigenvalue weighted by Crippen LogP contribution is -2.38. The molecule has 0 aliphatic carbocycles. The summed E-state index contributed by atoms with van der Waals surface area (Å²) in [5.41, 5.74) is 6.24. The molecule has 6 nitrogen and oxygen atoms in total. The van der Waals surface area contributed by atoms with Crippen molar-refractivity contribution in [1.29, 1.82) is 0 Å². The smallest absolute Gasteiger partial charge is 0.223 e. The third-order valence-corrected chi connectivity index (χ3v) is 3.11. The lowest BCUT2D eigenvalue weighted by atomic mass is 10.2. The van der Waals surface area contributed by atoms with E-state index in [1.165, 1.54) is 0 Å². The lowest BCUT2D eigenvalue weighted by Gasteiger charge is -2.11. The molecular weight excluding hydrogens is 258 g/mol. The zero-order valence-corrected chi connectivity index (χ0v) is 11.2. The molecular formula is C14H19N3O3. The van der Waals surface area contributed by atoms with Crippen LogP contribution in [0.15, 0.2) is 24.3 Å². The zero-order valence-electron chi connectivity index (χ0n) is 11.2. The predicted molar refractivity (Wildman–Crippen MR) is 75.1 cm³/mol. The van der Waals surface area contributed by atoms with Gasteiger partial charge in [-0.1, -0.05) is 0 Å². The van der Waals surface area contributed by atoms with E-state index in [-0.39, 0.29) is 24.3 Å². The van der Waals surface area contributed by atoms with Gasteiger partial charge in [0, 0.05) is 24.7 Å². The van der Waals surface area contributed by atoms with Crippen LogP contribution in [0.2, 0.25) is 0 Å². The number of carbonyl (C=O) groups excluding carboxylic acids is 2. The van der Waals surface area contributed by atoms with Crippen LogP contribution in [0, 0.1) is 0 Å². The maximum absolute atomic E-state index is 11.6. The van der Waals surface area contributed by atoms with Gasteiger partial charge in [0.2, 0.25) is 11.8 Å². The van der Waals surface area contributed by atoms with Crippen molar-refractivity contribution >= 4 is 17.5 Å². The van der Waals surface area contributed by atoms with E-state index < -0.39 is 0 Å². The van der Waals surface area contributed by atoms with Gasteiger partial charge in [0.1, 0.15) is 5.75 Å². The molecule has 20 heavy (non-hydrogen) atoms. The van der Waals surface area contributed by atoms with Crippen LogP contribution in [0.3, 0.4) is 0 Å². The third kappa shape index (κ3) is 4.46. The molecule has 2 amide bonds. The molecule has 6 heteroatoms. The molecule has 0 bridgehead atoms. The van der Waals surface area contributed by atoms with Crippen LogP contribution >= 0.6 is 0 Å². The van der Waals surface area contributed by atoms with Gasteiger partial charge in [0.25, 0.3) is 0 Å². The second-order valence-corrected chi connectivity index (χ2v) is 4.77. The van der Waals surface area contributed by atoms with Gasteiger partial charge in [-0.05, 0) is 30.7 Å². The van der Waals surface area contributed by atoms with Crippen molar-refractivity contribution in [3.63, 3.8) is 0 Å². The SMILES string of the molecule is Nc1ccc(OCCC(=O)NCC2CCC(=O)N2)cc1. The number of amides is 2.